The minimum atomic E-state index is -0.342. The van der Waals surface area contributed by atoms with E-state index in [0.29, 0.717) is 4.99 Å². The SMILES string of the molecule is CC1CCC(C(=O)NC(C(N)=S)C(C)C)O1. The molecule has 3 unspecified atom stereocenters. The minimum absolute atomic E-state index is 0.101. The number of amides is 1. The van der Waals surface area contributed by atoms with Gasteiger partial charge in [0.25, 0.3) is 0 Å². The van der Waals surface area contributed by atoms with Crippen LogP contribution in [0, 0.1) is 5.92 Å². The Morgan fingerprint density at radius 3 is 2.50 bits per heavy atom. The maximum atomic E-state index is 11.9. The van der Waals surface area contributed by atoms with E-state index in [1.165, 1.54) is 0 Å². The molecule has 0 spiro atoms. The molecular weight excluding hydrogens is 224 g/mol. The Morgan fingerprint density at radius 1 is 1.50 bits per heavy atom. The van der Waals surface area contributed by atoms with Crippen LogP contribution in [0.15, 0.2) is 0 Å². The summed E-state index contributed by atoms with van der Waals surface area (Å²) in [4.78, 5) is 12.2. The molecule has 1 amide bonds. The quantitative estimate of drug-likeness (QED) is 0.724. The lowest BCUT2D eigenvalue weighted by molar-refractivity contribution is -0.132. The molecule has 1 aliphatic heterocycles. The Morgan fingerprint density at radius 2 is 2.12 bits per heavy atom. The van der Waals surface area contributed by atoms with Crippen molar-refractivity contribution in [1.82, 2.24) is 5.32 Å². The molecule has 3 atom stereocenters. The zero-order chi connectivity index (χ0) is 12.3. The molecule has 0 aromatic rings. The van der Waals surface area contributed by atoms with Crippen molar-refractivity contribution >= 4 is 23.1 Å². The molecule has 3 N–H and O–H groups in total. The van der Waals surface area contributed by atoms with Crippen molar-refractivity contribution in [2.75, 3.05) is 0 Å². The van der Waals surface area contributed by atoms with Crippen LogP contribution in [0.3, 0.4) is 0 Å². The van der Waals surface area contributed by atoms with Crippen LogP contribution < -0.4 is 11.1 Å². The van der Waals surface area contributed by atoms with E-state index in [0.717, 1.165) is 12.8 Å². The molecule has 5 heteroatoms. The molecule has 0 aliphatic carbocycles. The summed E-state index contributed by atoms with van der Waals surface area (Å²) in [5.74, 6) is 0.0936. The summed E-state index contributed by atoms with van der Waals surface area (Å²) in [6.07, 6.45) is 1.52. The predicted octanol–water partition coefficient (Wildman–Crippen LogP) is 0.981. The van der Waals surface area contributed by atoms with Gasteiger partial charge in [0, 0.05) is 0 Å². The van der Waals surface area contributed by atoms with E-state index in [-0.39, 0.29) is 30.1 Å². The number of carbonyl (C=O) groups excluding carboxylic acids is 1. The highest BCUT2D eigenvalue weighted by atomic mass is 32.1. The van der Waals surface area contributed by atoms with Gasteiger partial charge < -0.3 is 15.8 Å². The van der Waals surface area contributed by atoms with Crippen LogP contribution in [0.25, 0.3) is 0 Å². The first kappa shape index (κ1) is 13.4. The highest BCUT2D eigenvalue weighted by Crippen LogP contribution is 2.19. The summed E-state index contributed by atoms with van der Waals surface area (Å²) >= 11 is 4.93. The fourth-order valence-electron chi connectivity index (χ4n) is 1.81. The summed E-state index contributed by atoms with van der Waals surface area (Å²) in [6, 6.07) is -0.248. The van der Waals surface area contributed by atoms with E-state index in [2.05, 4.69) is 5.32 Å². The van der Waals surface area contributed by atoms with Crippen molar-refractivity contribution < 1.29 is 9.53 Å². The first-order chi connectivity index (χ1) is 7.41. The van der Waals surface area contributed by atoms with Crippen molar-refractivity contribution in [2.24, 2.45) is 11.7 Å². The number of nitrogens with one attached hydrogen (secondary N) is 1. The molecule has 4 nitrogen and oxygen atoms in total. The van der Waals surface area contributed by atoms with Gasteiger partial charge in [-0.1, -0.05) is 26.1 Å². The molecule has 0 saturated carbocycles. The summed E-state index contributed by atoms with van der Waals surface area (Å²) < 4.78 is 5.49. The van der Waals surface area contributed by atoms with Gasteiger partial charge in [-0.2, -0.15) is 0 Å². The molecule has 1 heterocycles. The number of hydrogen-bond acceptors (Lipinski definition) is 3. The largest absolute Gasteiger partial charge is 0.392 e. The Bertz CT molecular complexity index is 281. The highest BCUT2D eigenvalue weighted by molar-refractivity contribution is 7.80. The van der Waals surface area contributed by atoms with Gasteiger partial charge in [-0.3, -0.25) is 4.79 Å². The van der Waals surface area contributed by atoms with Gasteiger partial charge in [0.15, 0.2) is 0 Å². The van der Waals surface area contributed by atoms with Crippen molar-refractivity contribution in [2.45, 2.75) is 51.9 Å². The maximum Gasteiger partial charge on any atom is 0.249 e. The molecule has 0 aromatic carbocycles. The lowest BCUT2D eigenvalue weighted by Crippen LogP contribution is -2.50. The molecule has 0 bridgehead atoms. The van der Waals surface area contributed by atoms with Crippen LogP contribution in [-0.2, 0) is 9.53 Å². The lowest BCUT2D eigenvalue weighted by Gasteiger charge is -2.22. The van der Waals surface area contributed by atoms with Crippen molar-refractivity contribution in [3.05, 3.63) is 0 Å². The Labute approximate surface area is 102 Å². The van der Waals surface area contributed by atoms with Crippen LogP contribution in [-0.4, -0.2) is 29.1 Å². The van der Waals surface area contributed by atoms with Gasteiger partial charge in [0.1, 0.15) is 6.10 Å². The molecule has 0 aromatic heterocycles. The fraction of sp³-hybridized carbons (Fsp3) is 0.818. The Kier molecular flexibility index (Phi) is 4.68. The van der Waals surface area contributed by atoms with Crippen molar-refractivity contribution in [1.29, 1.82) is 0 Å². The van der Waals surface area contributed by atoms with Crippen LogP contribution in [0.4, 0.5) is 0 Å². The standard InChI is InChI=1S/C11H20N2O2S/c1-6(2)9(10(12)16)13-11(14)8-5-4-7(3)15-8/h6-9H,4-5H2,1-3H3,(H2,12,16)(H,13,14). The van der Waals surface area contributed by atoms with Crippen LogP contribution in [0.5, 0.6) is 0 Å². The summed E-state index contributed by atoms with van der Waals surface area (Å²) in [7, 11) is 0. The van der Waals surface area contributed by atoms with Gasteiger partial charge >= 0.3 is 0 Å². The third kappa shape index (κ3) is 3.42. The molecule has 1 rings (SSSR count). The van der Waals surface area contributed by atoms with Gasteiger partial charge in [-0.15, -0.1) is 0 Å². The van der Waals surface area contributed by atoms with Gasteiger partial charge in [-0.05, 0) is 25.7 Å². The Hall–Kier alpha value is -0.680. The third-order valence-corrected chi connectivity index (χ3v) is 3.05. The van der Waals surface area contributed by atoms with Crippen LogP contribution in [0.1, 0.15) is 33.6 Å². The molecule has 16 heavy (non-hydrogen) atoms. The van der Waals surface area contributed by atoms with E-state index in [1.807, 2.05) is 20.8 Å². The summed E-state index contributed by atoms with van der Waals surface area (Å²) in [5, 5.41) is 2.85. The molecule has 0 radical (unpaired) electrons. The summed E-state index contributed by atoms with van der Waals surface area (Å²) in [6.45, 7) is 5.92. The molecule has 1 aliphatic rings. The van der Waals surface area contributed by atoms with E-state index in [9.17, 15) is 4.79 Å². The monoisotopic (exact) mass is 244 g/mol. The topological polar surface area (TPSA) is 64.4 Å². The predicted molar refractivity (Wildman–Crippen MR) is 67.1 cm³/mol. The molecular formula is C11H20N2O2S. The fourth-order valence-corrected chi connectivity index (χ4v) is 2.14. The number of rotatable bonds is 4. The smallest absolute Gasteiger partial charge is 0.249 e. The molecule has 1 saturated heterocycles. The number of thiocarbonyl (C=S) groups is 1. The average molecular weight is 244 g/mol. The lowest BCUT2D eigenvalue weighted by atomic mass is 10.0. The Balaban J connectivity index is 2.52. The third-order valence-electron chi connectivity index (χ3n) is 2.80. The van der Waals surface area contributed by atoms with E-state index >= 15 is 0 Å². The van der Waals surface area contributed by atoms with Gasteiger partial charge in [-0.25, -0.2) is 0 Å². The number of ether oxygens (including phenoxy) is 1. The average Bonchev–Trinajstić information content (AvgIpc) is 2.59. The first-order valence-corrected chi connectivity index (χ1v) is 6.07. The zero-order valence-electron chi connectivity index (χ0n) is 10.0. The zero-order valence-corrected chi connectivity index (χ0v) is 10.8. The second-order valence-electron chi connectivity index (χ2n) is 4.65. The van der Waals surface area contributed by atoms with Crippen LogP contribution in [0.2, 0.25) is 0 Å². The highest BCUT2D eigenvalue weighted by Gasteiger charge is 2.30. The van der Waals surface area contributed by atoms with E-state index < -0.39 is 0 Å². The minimum Gasteiger partial charge on any atom is -0.392 e. The molecule has 92 valence electrons. The number of nitrogens with two attached hydrogens (primary N) is 1. The second kappa shape index (κ2) is 5.59. The van der Waals surface area contributed by atoms with E-state index in [4.69, 9.17) is 22.7 Å². The molecule has 1 fully saturated rings. The number of carbonyl (C=O) groups is 1. The van der Waals surface area contributed by atoms with Gasteiger partial charge in [0.2, 0.25) is 5.91 Å². The van der Waals surface area contributed by atoms with Crippen molar-refractivity contribution in [3.8, 4) is 0 Å². The van der Waals surface area contributed by atoms with Crippen molar-refractivity contribution in [3.63, 3.8) is 0 Å². The van der Waals surface area contributed by atoms with Gasteiger partial charge in [0.05, 0.1) is 17.1 Å². The first-order valence-electron chi connectivity index (χ1n) is 5.67. The van der Waals surface area contributed by atoms with Crippen LogP contribution >= 0.6 is 12.2 Å². The second-order valence-corrected chi connectivity index (χ2v) is 5.12. The number of hydrogen-bond donors (Lipinski definition) is 2. The maximum absolute atomic E-state index is 11.9. The summed E-state index contributed by atoms with van der Waals surface area (Å²) in [5.41, 5.74) is 5.59. The van der Waals surface area contributed by atoms with E-state index in [1.54, 1.807) is 0 Å². The normalized spacial score (nSPS) is 26.8.